The van der Waals surface area contributed by atoms with E-state index in [1.54, 1.807) is 25.3 Å². The maximum atomic E-state index is 13.4. The molecular formula is C23H26ClFN4O4. The Morgan fingerprint density at radius 2 is 2.03 bits per heavy atom. The number of aliphatic hydroxyl groups excluding tert-OH is 1. The molecule has 1 heterocycles. The number of methoxy groups -OCH3 is 1. The molecule has 0 saturated heterocycles. The first-order valence-electron chi connectivity index (χ1n) is 10.5. The Bertz CT molecular complexity index is 1120. The molecule has 0 aliphatic carbocycles. The number of benzene rings is 2. The molecule has 8 nitrogen and oxygen atoms in total. The predicted molar refractivity (Wildman–Crippen MR) is 124 cm³/mol. The highest BCUT2D eigenvalue weighted by atomic mass is 35.5. The fourth-order valence-corrected chi connectivity index (χ4v) is 3.46. The SMILES string of the molecule is COc1cc2ncnc(NCc3ccc(F)c(Cl)c3)c2cc1OCCCCCC(O)C(N)=O. The number of aliphatic hydroxyl groups is 1. The molecule has 176 valence electrons. The maximum Gasteiger partial charge on any atom is 0.246 e. The Labute approximate surface area is 195 Å². The first kappa shape index (κ1) is 24.5. The second kappa shape index (κ2) is 11.6. The highest BCUT2D eigenvalue weighted by molar-refractivity contribution is 6.30. The van der Waals surface area contributed by atoms with Gasteiger partial charge in [-0.3, -0.25) is 4.79 Å². The van der Waals surface area contributed by atoms with E-state index in [4.69, 9.17) is 26.8 Å². The third kappa shape index (κ3) is 6.66. The lowest BCUT2D eigenvalue weighted by molar-refractivity contribution is -0.126. The van der Waals surface area contributed by atoms with E-state index in [0.717, 1.165) is 23.8 Å². The van der Waals surface area contributed by atoms with Crippen molar-refractivity contribution in [1.82, 2.24) is 9.97 Å². The van der Waals surface area contributed by atoms with Gasteiger partial charge in [-0.25, -0.2) is 14.4 Å². The number of ether oxygens (including phenoxy) is 2. The summed E-state index contributed by atoms with van der Waals surface area (Å²) >= 11 is 5.86. The molecule has 1 amide bonds. The van der Waals surface area contributed by atoms with Crippen molar-refractivity contribution in [2.24, 2.45) is 5.73 Å². The summed E-state index contributed by atoms with van der Waals surface area (Å²) in [5.41, 5.74) is 6.53. The van der Waals surface area contributed by atoms with Gasteiger partial charge in [-0.05, 0) is 43.0 Å². The number of halogens is 2. The Kier molecular flexibility index (Phi) is 8.62. The molecule has 2 aromatic carbocycles. The molecule has 0 radical (unpaired) electrons. The fourth-order valence-electron chi connectivity index (χ4n) is 3.25. The first-order valence-corrected chi connectivity index (χ1v) is 10.9. The summed E-state index contributed by atoms with van der Waals surface area (Å²) in [6.07, 6.45) is 2.84. The topological polar surface area (TPSA) is 120 Å². The molecule has 1 aromatic heterocycles. The molecule has 0 spiro atoms. The van der Waals surface area contributed by atoms with Crippen molar-refractivity contribution in [2.45, 2.75) is 38.3 Å². The van der Waals surface area contributed by atoms with E-state index in [9.17, 15) is 14.3 Å². The lowest BCUT2D eigenvalue weighted by atomic mass is 10.1. The van der Waals surface area contributed by atoms with E-state index in [1.807, 2.05) is 6.07 Å². The van der Waals surface area contributed by atoms with Crippen LogP contribution in [0.5, 0.6) is 11.5 Å². The number of nitrogens with one attached hydrogen (secondary N) is 1. The first-order chi connectivity index (χ1) is 15.9. The fraction of sp³-hybridized carbons (Fsp3) is 0.348. The van der Waals surface area contributed by atoms with E-state index < -0.39 is 17.8 Å². The van der Waals surface area contributed by atoms with Gasteiger partial charge >= 0.3 is 0 Å². The zero-order valence-electron chi connectivity index (χ0n) is 18.2. The van der Waals surface area contributed by atoms with Gasteiger partial charge in [-0.1, -0.05) is 24.1 Å². The normalized spacial score (nSPS) is 11.9. The number of carbonyl (C=O) groups excluding carboxylic acids is 1. The van der Waals surface area contributed by atoms with Crippen LogP contribution in [0.1, 0.15) is 31.2 Å². The van der Waals surface area contributed by atoms with Crippen LogP contribution < -0.4 is 20.5 Å². The minimum atomic E-state index is -1.11. The molecule has 0 saturated carbocycles. The molecule has 3 aromatic rings. The lowest BCUT2D eigenvalue weighted by Crippen LogP contribution is -2.27. The van der Waals surface area contributed by atoms with Gasteiger partial charge in [0.05, 0.1) is 24.3 Å². The number of hydrogen-bond acceptors (Lipinski definition) is 7. The van der Waals surface area contributed by atoms with Crippen molar-refractivity contribution < 1.29 is 23.8 Å². The van der Waals surface area contributed by atoms with Gasteiger partial charge in [-0.2, -0.15) is 0 Å². The summed E-state index contributed by atoms with van der Waals surface area (Å²) in [6, 6.07) is 8.12. The number of aromatic nitrogens is 2. The highest BCUT2D eigenvalue weighted by Crippen LogP contribution is 2.34. The van der Waals surface area contributed by atoms with Gasteiger partial charge in [0.1, 0.15) is 24.1 Å². The number of amides is 1. The van der Waals surface area contributed by atoms with Crippen LogP contribution in [0.15, 0.2) is 36.7 Å². The Balaban J connectivity index is 1.66. The Morgan fingerprint density at radius 3 is 2.76 bits per heavy atom. The number of anilines is 1. The average molecular weight is 477 g/mol. The predicted octanol–water partition coefficient (Wildman–Crippen LogP) is 3.83. The van der Waals surface area contributed by atoms with Crippen LogP contribution in [0, 0.1) is 5.82 Å². The smallest absolute Gasteiger partial charge is 0.246 e. The molecule has 3 rings (SSSR count). The van der Waals surface area contributed by atoms with E-state index in [1.165, 1.54) is 12.4 Å². The summed E-state index contributed by atoms with van der Waals surface area (Å²) in [5, 5.41) is 13.5. The van der Waals surface area contributed by atoms with Crippen molar-refractivity contribution in [3.63, 3.8) is 0 Å². The molecule has 0 bridgehead atoms. The number of carbonyl (C=O) groups is 1. The van der Waals surface area contributed by atoms with Crippen molar-refractivity contribution in [2.75, 3.05) is 19.0 Å². The van der Waals surface area contributed by atoms with Crippen LogP contribution in [-0.4, -0.2) is 40.8 Å². The van der Waals surface area contributed by atoms with E-state index in [0.29, 0.717) is 48.8 Å². The van der Waals surface area contributed by atoms with E-state index in [-0.39, 0.29) is 5.02 Å². The van der Waals surface area contributed by atoms with Gasteiger partial charge < -0.3 is 25.6 Å². The van der Waals surface area contributed by atoms with Crippen molar-refractivity contribution in [3.05, 3.63) is 53.1 Å². The van der Waals surface area contributed by atoms with Gasteiger partial charge in [0.25, 0.3) is 0 Å². The van der Waals surface area contributed by atoms with Gasteiger partial charge in [0.2, 0.25) is 5.91 Å². The summed E-state index contributed by atoms with van der Waals surface area (Å²) in [6.45, 7) is 0.824. The molecule has 0 aliphatic heterocycles. The quantitative estimate of drug-likeness (QED) is 0.340. The molecule has 0 aliphatic rings. The minimum absolute atomic E-state index is 0.0615. The van der Waals surface area contributed by atoms with Crippen LogP contribution in [0.2, 0.25) is 5.02 Å². The van der Waals surface area contributed by atoms with Crippen LogP contribution in [0.4, 0.5) is 10.2 Å². The van der Waals surface area contributed by atoms with E-state index in [2.05, 4.69) is 15.3 Å². The molecule has 10 heteroatoms. The maximum absolute atomic E-state index is 13.4. The van der Waals surface area contributed by atoms with Crippen molar-refractivity contribution in [3.8, 4) is 11.5 Å². The average Bonchev–Trinajstić information content (AvgIpc) is 2.81. The lowest BCUT2D eigenvalue weighted by Gasteiger charge is -2.14. The van der Waals surface area contributed by atoms with Gasteiger partial charge in [-0.15, -0.1) is 0 Å². The second-order valence-electron chi connectivity index (χ2n) is 7.46. The largest absolute Gasteiger partial charge is 0.493 e. The van der Waals surface area contributed by atoms with Crippen molar-refractivity contribution in [1.29, 1.82) is 0 Å². The second-order valence-corrected chi connectivity index (χ2v) is 7.87. The zero-order chi connectivity index (χ0) is 23.8. The summed E-state index contributed by atoms with van der Waals surface area (Å²) in [5.74, 6) is 0.506. The van der Waals surface area contributed by atoms with Gasteiger partial charge in [0, 0.05) is 18.0 Å². The Morgan fingerprint density at radius 1 is 1.21 bits per heavy atom. The molecular weight excluding hydrogens is 451 g/mol. The van der Waals surface area contributed by atoms with Crippen molar-refractivity contribution >= 4 is 34.2 Å². The Hall–Kier alpha value is -3.17. The van der Waals surface area contributed by atoms with Gasteiger partial charge in [0.15, 0.2) is 11.5 Å². The summed E-state index contributed by atoms with van der Waals surface area (Å²) in [7, 11) is 1.55. The molecule has 4 N–H and O–H groups in total. The highest BCUT2D eigenvalue weighted by Gasteiger charge is 2.13. The number of rotatable bonds is 12. The number of unbranched alkanes of at least 4 members (excludes halogenated alkanes) is 2. The third-order valence-electron chi connectivity index (χ3n) is 5.07. The number of primary amides is 1. The monoisotopic (exact) mass is 476 g/mol. The van der Waals surface area contributed by atoms with Crippen LogP contribution >= 0.6 is 11.6 Å². The van der Waals surface area contributed by atoms with Crippen LogP contribution in [0.3, 0.4) is 0 Å². The molecule has 1 unspecified atom stereocenters. The summed E-state index contributed by atoms with van der Waals surface area (Å²) in [4.78, 5) is 19.5. The number of nitrogens with zero attached hydrogens (tertiary/aromatic N) is 2. The number of nitrogens with two attached hydrogens (primary N) is 1. The molecule has 33 heavy (non-hydrogen) atoms. The zero-order valence-corrected chi connectivity index (χ0v) is 18.9. The standard InChI is InChI=1S/C23H26ClFN4O4/c1-32-20-11-18-15(10-21(20)33-8-4-2-3-5-19(30)22(26)31)23(29-13-28-18)27-12-14-6-7-17(25)16(24)9-14/h6-7,9-11,13,19,30H,2-5,8,12H2,1H3,(H2,26,31)(H,27,28,29). The van der Waals surface area contributed by atoms with Crippen LogP contribution in [0.25, 0.3) is 10.9 Å². The third-order valence-corrected chi connectivity index (χ3v) is 5.36. The van der Waals surface area contributed by atoms with Crippen LogP contribution in [-0.2, 0) is 11.3 Å². The minimum Gasteiger partial charge on any atom is -0.493 e. The molecule has 0 fully saturated rings. The number of fused-ring (bicyclic) bond motifs is 1. The molecule has 1 atom stereocenters. The number of hydrogen-bond donors (Lipinski definition) is 3. The van der Waals surface area contributed by atoms with E-state index >= 15 is 0 Å². The summed E-state index contributed by atoms with van der Waals surface area (Å²) < 4.78 is 24.8.